The number of benzene rings is 2. The van der Waals surface area contributed by atoms with Gasteiger partial charge in [-0.1, -0.05) is 51.3 Å². The lowest BCUT2D eigenvalue weighted by Gasteiger charge is -2.22. The summed E-state index contributed by atoms with van der Waals surface area (Å²) in [6, 6.07) is 12.2. The van der Waals surface area contributed by atoms with Gasteiger partial charge in [0.1, 0.15) is 5.75 Å². The lowest BCUT2D eigenvalue weighted by Crippen LogP contribution is -2.16. The van der Waals surface area contributed by atoms with E-state index in [1.165, 1.54) is 16.7 Å². The van der Waals surface area contributed by atoms with Crippen molar-refractivity contribution >= 4 is 5.97 Å². The fraction of sp³-hybridized carbons (Fsp3) is 0.261. The molecule has 0 atom stereocenters. The van der Waals surface area contributed by atoms with Gasteiger partial charge in [0.15, 0.2) is 0 Å². The minimum atomic E-state index is -0.398. The molecule has 0 radical (unpaired) electrons. The predicted molar refractivity (Wildman–Crippen MR) is 102 cm³/mol. The Kier molecular flexibility index (Phi) is 4.27. The largest absolute Gasteiger partial charge is 0.423 e. The average molecular weight is 330 g/mol. The molecule has 0 unspecified atom stereocenters. The summed E-state index contributed by atoms with van der Waals surface area (Å²) >= 11 is 0. The molecule has 25 heavy (non-hydrogen) atoms. The molecule has 2 aromatic carbocycles. The lowest BCUT2D eigenvalue weighted by molar-refractivity contribution is -0.130. The van der Waals surface area contributed by atoms with E-state index in [1.54, 1.807) is 6.92 Å². The van der Waals surface area contributed by atoms with Crippen LogP contribution in [0.4, 0.5) is 0 Å². The van der Waals surface area contributed by atoms with Crippen LogP contribution in [0.1, 0.15) is 50.8 Å². The number of carbonyl (C=O) groups is 1. The maximum atomic E-state index is 11.8. The monoisotopic (exact) mass is 330 g/mol. The van der Waals surface area contributed by atoms with Gasteiger partial charge < -0.3 is 4.74 Å². The van der Waals surface area contributed by atoms with E-state index in [9.17, 15) is 4.79 Å². The fourth-order valence-corrected chi connectivity index (χ4v) is 3.24. The second-order valence-electron chi connectivity index (χ2n) is 6.92. The highest BCUT2D eigenvalue weighted by Gasteiger charge is 2.35. The number of rotatable bonds is 2. The molecule has 0 saturated carbocycles. The van der Waals surface area contributed by atoms with E-state index in [0.29, 0.717) is 11.3 Å². The van der Waals surface area contributed by atoms with E-state index in [1.807, 2.05) is 25.1 Å². The van der Waals surface area contributed by atoms with Crippen LogP contribution in [-0.4, -0.2) is 5.97 Å². The average Bonchev–Trinajstić information content (AvgIpc) is 2.80. The molecule has 1 aliphatic rings. The van der Waals surface area contributed by atoms with Crippen molar-refractivity contribution in [1.82, 2.24) is 0 Å². The predicted octanol–water partition coefficient (Wildman–Crippen LogP) is 5.24. The van der Waals surface area contributed by atoms with Crippen LogP contribution in [0.2, 0.25) is 0 Å². The molecular formula is C23H22O2. The minimum Gasteiger partial charge on any atom is -0.423 e. The van der Waals surface area contributed by atoms with Crippen LogP contribution in [0.5, 0.6) is 5.75 Å². The van der Waals surface area contributed by atoms with E-state index < -0.39 is 5.97 Å². The van der Waals surface area contributed by atoms with Gasteiger partial charge in [0, 0.05) is 23.0 Å². The second-order valence-corrected chi connectivity index (χ2v) is 6.92. The van der Waals surface area contributed by atoms with Crippen molar-refractivity contribution < 1.29 is 9.53 Å². The molecule has 0 fully saturated rings. The topological polar surface area (TPSA) is 26.3 Å². The van der Waals surface area contributed by atoms with E-state index in [-0.39, 0.29) is 5.41 Å². The molecule has 2 aromatic rings. The van der Waals surface area contributed by atoms with Crippen LogP contribution in [-0.2, 0) is 10.2 Å². The van der Waals surface area contributed by atoms with Gasteiger partial charge in [-0.15, -0.1) is 0 Å². The molecule has 3 rings (SSSR count). The first-order valence-corrected chi connectivity index (χ1v) is 8.50. The summed E-state index contributed by atoms with van der Waals surface area (Å²) in [7, 11) is 0. The van der Waals surface area contributed by atoms with Gasteiger partial charge in [0.05, 0.1) is 0 Å². The minimum absolute atomic E-state index is 0.166. The SMILES string of the molecule is C=C(C)C(=O)Oc1ccc2c(c1)C(C)(C)c1cc(C#CCC)ccc1-2. The van der Waals surface area contributed by atoms with E-state index in [0.717, 1.165) is 17.5 Å². The van der Waals surface area contributed by atoms with Crippen molar-refractivity contribution in [1.29, 1.82) is 0 Å². The second kappa shape index (κ2) is 6.26. The Balaban J connectivity index is 2.05. The molecule has 2 nitrogen and oxygen atoms in total. The molecule has 1 aliphatic carbocycles. The summed E-state index contributed by atoms with van der Waals surface area (Å²) in [4.78, 5) is 11.8. The molecule has 2 heteroatoms. The standard InChI is InChI=1S/C23H22O2/c1-6-7-8-16-9-11-18-19-12-10-17(25-22(24)15(2)3)14-21(19)23(4,5)20(18)13-16/h9-14H,2,6H2,1,3-5H3. The Labute approximate surface area is 149 Å². The molecule has 0 spiro atoms. The zero-order valence-corrected chi connectivity index (χ0v) is 15.2. The van der Waals surface area contributed by atoms with Crippen molar-refractivity contribution in [3.05, 3.63) is 65.2 Å². The highest BCUT2D eigenvalue weighted by molar-refractivity contribution is 5.89. The third kappa shape index (κ3) is 2.98. The number of esters is 1. The molecule has 0 N–H and O–H groups in total. The van der Waals surface area contributed by atoms with Crippen LogP contribution in [0.25, 0.3) is 11.1 Å². The molecule has 126 valence electrons. The summed E-state index contributed by atoms with van der Waals surface area (Å²) in [5.41, 5.74) is 6.09. The first kappa shape index (κ1) is 17.0. The molecule has 0 aromatic heterocycles. The third-order valence-corrected chi connectivity index (χ3v) is 4.62. The fourth-order valence-electron chi connectivity index (χ4n) is 3.24. The van der Waals surface area contributed by atoms with Gasteiger partial charge >= 0.3 is 5.97 Å². The van der Waals surface area contributed by atoms with Gasteiger partial charge in [-0.2, -0.15) is 0 Å². The Hall–Kier alpha value is -2.79. The Morgan fingerprint density at radius 1 is 1.12 bits per heavy atom. The number of fused-ring (bicyclic) bond motifs is 3. The van der Waals surface area contributed by atoms with E-state index in [4.69, 9.17) is 4.74 Å². The summed E-state index contributed by atoms with van der Waals surface area (Å²) in [6.07, 6.45) is 0.845. The normalized spacial score (nSPS) is 13.3. The van der Waals surface area contributed by atoms with Gasteiger partial charge in [-0.3, -0.25) is 0 Å². The van der Waals surface area contributed by atoms with Crippen molar-refractivity contribution in [3.8, 4) is 28.7 Å². The number of carbonyl (C=O) groups excluding carboxylic acids is 1. The molecular weight excluding hydrogens is 308 g/mol. The van der Waals surface area contributed by atoms with Crippen LogP contribution >= 0.6 is 0 Å². The third-order valence-electron chi connectivity index (χ3n) is 4.62. The molecule has 0 saturated heterocycles. The van der Waals surface area contributed by atoms with Crippen molar-refractivity contribution in [3.63, 3.8) is 0 Å². The Bertz CT molecular complexity index is 936. The number of ether oxygens (including phenoxy) is 1. The number of hydrogen-bond acceptors (Lipinski definition) is 2. The maximum absolute atomic E-state index is 11.8. The van der Waals surface area contributed by atoms with Crippen molar-refractivity contribution in [2.24, 2.45) is 0 Å². The highest BCUT2D eigenvalue weighted by Crippen LogP contribution is 2.49. The van der Waals surface area contributed by atoms with E-state index >= 15 is 0 Å². The summed E-state index contributed by atoms with van der Waals surface area (Å²) in [5.74, 6) is 6.50. The molecule has 0 aliphatic heterocycles. The smallest absolute Gasteiger partial charge is 0.338 e. The van der Waals surface area contributed by atoms with Crippen molar-refractivity contribution in [2.45, 2.75) is 39.5 Å². The van der Waals surface area contributed by atoms with Gasteiger partial charge in [-0.25, -0.2) is 4.79 Å². The zero-order chi connectivity index (χ0) is 18.2. The summed E-state index contributed by atoms with van der Waals surface area (Å²) in [6.45, 7) is 11.7. The van der Waals surface area contributed by atoms with Crippen LogP contribution < -0.4 is 4.74 Å². The van der Waals surface area contributed by atoms with Crippen LogP contribution in [0.3, 0.4) is 0 Å². The zero-order valence-electron chi connectivity index (χ0n) is 15.2. The Morgan fingerprint density at radius 3 is 2.40 bits per heavy atom. The molecule has 0 bridgehead atoms. The molecule has 0 heterocycles. The quantitative estimate of drug-likeness (QED) is 0.326. The first-order valence-electron chi connectivity index (χ1n) is 8.50. The highest BCUT2D eigenvalue weighted by atomic mass is 16.5. The summed E-state index contributed by atoms with van der Waals surface area (Å²) < 4.78 is 5.41. The number of hydrogen-bond donors (Lipinski definition) is 0. The van der Waals surface area contributed by atoms with Gasteiger partial charge in [0.2, 0.25) is 0 Å². The summed E-state index contributed by atoms with van der Waals surface area (Å²) in [5, 5.41) is 0. The van der Waals surface area contributed by atoms with Crippen LogP contribution in [0.15, 0.2) is 48.6 Å². The Morgan fingerprint density at radius 2 is 1.76 bits per heavy atom. The van der Waals surface area contributed by atoms with E-state index in [2.05, 4.69) is 50.5 Å². The van der Waals surface area contributed by atoms with Gasteiger partial charge in [0.25, 0.3) is 0 Å². The lowest BCUT2D eigenvalue weighted by atomic mass is 9.82. The molecule has 0 amide bonds. The van der Waals surface area contributed by atoms with Gasteiger partial charge in [-0.05, 0) is 53.4 Å². The van der Waals surface area contributed by atoms with Crippen LogP contribution in [0, 0.1) is 11.8 Å². The maximum Gasteiger partial charge on any atom is 0.338 e. The van der Waals surface area contributed by atoms with Crippen molar-refractivity contribution in [2.75, 3.05) is 0 Å². The first-order chi connectivity index (χ1) is 11.8.